The second-order valence-electron chi connectivity index (χ2n) is 6.74. The number of benzene rings is 2. The number of carbonyl (C=O) groups excluding carboxylic acids is 1. The fourth-order valence-electron chi connectivity index (χ4n) is 2.83. The van der Waals surface area contributed by atoms with Gasteiger partial charge < -0.3 is 9.47 Å². The average molecular weight is 448 g/mol. The summed E-state index contributed by atoms with van der Waals surface area (Å²) in [7, 11) is 1.67. The minimum absolute atomic E-state index is 0.118. The molecule has 152 valence electrons. The molecule has 29 heavy (non-hydrogen) atoms. The number of carbonyl (C=O) groups is 1. The van der Waals surface area contributed by atoms with Crippen molar-refractivity contribution in [1.82, 2.24) is 4.90 Å². The van der Waals surface area contributed by atoms with Gasteiger partial charge in [-0.3, -0.25) is 9.69 Å². The number of likely N-dealkylation sites (N-methyl/N-ethyl adjacent to an activating group) is 1. The second kappa shape index (κ2) is 9.65. The second-order valence-corrected chi connectivity index (χ2v) is 8.85. The first-order chi connectivity index (χ1) is 13.8. The Morgan fingerprint density at radius 1 is 1.10 bits per heavy atom. The van der Waals surface area contributed by atoms with Crippen molar-refractivity contribution in [3.63, 3.8) is 0 Å². The van der Waals surface area contributed by atoms with E-state index in [-0.39, 0.29) is 5.91 Å². The lowest BCUT2D eigenvalue weighted by Gasteiger charge is -2.12. The van der Waals surface area contributed by atoms with Gasteiger partial charge in [0, 0.05) is 24.1 Å². The molecule has 0 bridgehead atoms. The Bertz CT molecular complexity index is 975. The topological polar surface area (TPSA) is 38.8 Å². The van der Waals surface area contributed by atoms with E-state index in [0.29, 0.717) is 33.2 Å². The highest BCUT2D eigenvalue weighted by Gasteiger charge is 2.29. The van der Waals surface area contributed by atoms with Gasteiger partial charge in [0.15, 0.2) is 0 Å². The van der Waals surface area contributed by atoms with Gasteiger partial charge in [0.25, 0.3) is 5.91 Å². The van der Waals surface area contributed by atoms with E-state index in [2.05, 4.69) is 13.0 Å². The van der Waals surface area contributed by atoms with Crippen molar-refractivity contribution in [3.05, 3.63) is 63.0 Å². The summed E-state index contributed by atoms with van der Waals surface area (Å²) in [5.74, 6) is 1.44. The lowest BCUT2D eigenvalue weighted by molar-refractivity contribution is -0.121. The lowest BCUT2D eigenvalue weighted by atomic mass is 10.1. The fourth-order valence-corrected chi connectivity index (χ4v) is 4.19. The Hall–Kier alpha value is -2.02. The molecule has 0 aromatic heterocycles. The van der Waals surface area contributed by atoms with Crippen molar-refractivity contribution in [3.8, 4) is 11.5 Å². The van der Waals surface area contributed by atoms with Crippen LogP contribution >= 0.6 is 35.6 Å². The van der Waals surface area contributed by atoms with Gasteiger partial charge in [-0.05, 0) is 49.8 Å². The third kappa shape index (κ3) is 5.53. The predicted octanol–water partition coefficient (Wildman–Crippen LogP) is 5.64. The molecule has 0 unspecified atom stereocenters. The third-order valence-corrected chi connectivity index (χ3v) is 6.10. The first-order valence-corrected chi connectivity index (χ1v) is 10.8. The largest absolute Gasteiger partial charge is 0.493 e. The van der Waals surface area contributed by atoms with Gasteiger partial charge in [-0.1, -0.05) is 53.3 Å². The molecule has 1 heterocycles. The van der Waals surface area contributed by atoms with Crippen LogP contribution in [0.4, 0.5) is 0 Å². The normalized spacial score (nSPS) is 15.3. The quantitative estimate of drug-likeness (QED) is 0.312. The Kier molecular flexibility index (Phi) is 7.22. The zero-order chi connectivity index (χ0) is 21.0. The SMILES string of the molecule is Cc1ccc(OCCCOc2ccc(Cl)cc2/C=C2/SC(=S)N(C)C2=O)c(C)c1. The van der Waals surface area contributed by atoms with Crippen LogP contribution in [0.3, 0.4) is 0 Å². The summed E-state index contributed by atoms with van der Waals surface area (Å²) >= 11 is 12.6. The summed E-state index contributed by atoms with van der Waals surface area (Å²) in [6.45, 7) is 5.15. The van der Waals surface area contributed by atoms with Gasteiger partial charge in [0.1, 0.15) is 15.8 Å². The molecule has 0 aliphatic carbocycles. The van der Waals surface area contributed by atoms with E-state index < -0.39 is 0 Å². The van der Waals surface area contributed by atoms with E-state index in [9.17, 15) is 4.79 Å². The number of rotatable bonds is 7. The number of aryl methyl sites for hydroxylation is 2. The van der Waals surface area contributed by atoms with E-state index in [1.54, 1.807) is 25.3 Å². The van der Waals surface area contributed by atoms with E-state index in [1.165, 1.54) is 22.2 Å². The number of halogens is 1. The molecule has 0 spiro atoms. The molecule has 2 aromatic rings. The highest BCUT2D eigenvalue weighted by molar-refractivity contribution is 8.26. The monoisotopic (exact) mass is 447 g/mol. The van der Waals surface area contributed by atoms with Gasteiger partial charge in [0.2, 0.25) is 0 Å². The minimum atomic E-state index is -0.118. The zero-order valence-electron chi connectivity index (χ0n) is 16.5. The molecule has 3 rings (SSSR count). The van der Waals surface area contributed by atoms with Crippen LogP contribution in [0, 0.1) is 13.8 Å². The molecular formula is C22H22ClNO3S2. The smallest absolute Gasteiger partial charge is 0.265 e. The van der Waals surface area contributed by atoms with Gasteiger partial charge in [0.05, 0.1) is 18.1 Å². The van der Waals surface area contributed by atoms with Crippen molar-refractivity contribution in [2.24, 2.45) is 0 Å². The van der Waals surface area contributed by atoms with Crippen LogP contribution in [0.2, 0.25) is 5.02 Å². The molecule has 0 saturated carbocycles. The van der Waals surface area contributed by atoms with Crippen molar-refractivity contribution in [2.75, 3.05) is 20.3 Å². The van der Waals surface area contributed by atoms with Gasteiger partial charge in [-0.2, -0.15) is 0 Å². The van der Waals surface area contributed by atoms with Crippen LogP contribution in [-0.2, 0) is 4.79 Å². The van der Waals surface area contributed by atoms with Crippen molar-refractivity contribution in [1.29, 1.82) is 0 Å². The van der Waals surface area contributed by atoms with Crippen LogP contribution < -0.4 is 9.47 Å². The molecule has 1 amide bonds. The summed E-state index contributed by atoms with van der Waals surface area (Å²) in [6, 6.07) is 11.5. The molecule has 4 nitrogen and oxygen atoms in total. The Labute approximate surface area is 185 Å². The number of amides is 1. The number of ether oxygens (including phenoxy) is 2. The van der Waals surface area contributed by atoms with Gasteiger partial charge >= 0.3 is 0 Å². The summed E-state index contributed by atoms with van der Waals surface area (Å²) in [6.07, 6.45) is 2.50. The van der Waals surface area contributed by atoms with Crippen LogP contribution in [-0.4, -0.2) is 35.4 Å². The number of hydrogen-bond donors (Lipinski definition) is 0. The number of thioether (sulfide) groups is 1. The molecule has 0 atom stereocenters. The van der Waals surface area contributed by atoms with Crippen LogP contribution in [0.25, 0.3) is 6.08 Å². The van der Waals surface area contributed by atoms with Gasteiger partial charge in [-0.25, -0.2) is 0 Å². The Morgan fingerprint density at radius 3 is 2.45 bits per heavy atom. The summed E-state index contributed by atoms with van der Waals surface area (Å²) in [5, 5.41) is 0.578. The molecule has 1 saturated heterocycles. The number of nitrogens with zero attached hydrogens (tertiary/aromatic N) is 1. The maximum atomic E-state index is 12.3. The number of hydrogen-bond acceptors (Lipinski definition) is 5. The summed E-state index contributed by atoms with van der Waals surface area (Å²) in [4.78, 5) is 14.3. The standard InChI is InChI=1S/C22H22ClNO3S2/c1-14-5-7-18(15(2)11-14)26-9-4-10-27-19-8-6-17(23)12-16(19)13-20-21(25)24(3)22(28)29-20/h5-8,11-13H,4,9-10H2,1-3H3/b20-13+. The molecule has 2 aromatic carbocycles. The van der Waals surface area contributed by atoms with Crippen LogP contribution in [0.15, 0.2) is 41.3 Å². The number of thiocarbonyl (C=S) groups is 1. The van der Waals surface area contributed by atoms with Crippen LogP contribution in [0.5, 0.6) is 11.5 Å². The highest BCUT2D eigenvalue weighted by Crippen LogP contribution is 2.34. The Morgan fingerprint density at radius 2 is 1.79 bits per heavy atom. The minimum Gasteiger partial charge on any atom is -0.493 e. The molecule has 1 aliphatic rings. The lowest BCUT2D eigenvalue weighted by Crippen LogP contribution is -2.22. The van der Waals surface area contributed by atoms with Crippen molar-refractivity contribution < 1.29 is 14.3 Å². The maximum Gasteiger partial charge on any atom is 0.265 e. The predicted molar refractivity (Wildman–Crippen MR) is 124 cm³/mol. The van der Waals surface area contributed by atoms with Crippen molar-refractivity contribution >= 4 is 51.9 Å². The first kappa shape index (κ1) is 21.7. The van der Waals surface area contributed by atoms with Crippen LogP contribution in [0.1, 0.15) is 23.1 Å². The Balaban J connectivity index is 1.60. The summed E-state index contributed by atoms with van der Waals surface area (Å²) < 4.78 is 12.3. The van der Waals surface area contributed by atoms with E-state index in [0.717, 1.165) is 23.3 Å². The molecule has 7 heteroatoms. The van der Waals surface area contributed by atoms with Crippen molar-refractivity contribution in [2.45, 2.75) is 20.3 Å². The zero-order valence-corrected chi connectivity index (χ0v) is 18.9. The molecule has 1 aliphatic heterocycles. The summed E-state index contributed by atoms with van der Waals surface area (Å²) in [5.41, 5.74) is 3.09. The first-order valence-electron chi connectivity index (χ1n) is 9.19. The fraction of sp³-hybridized carbons (Fsp3) is 0.273. The molecule has 0 radical (unpaired) electrons. The average Bonchev–Trinajstić information content (AvgIpc) is 2.91. The molecule has 1 fully saturated rings. The van der Waals surface area contributed by atoms with E-state index >= 15 is 0 Å². The molecule has 0 N–H and O–H groups in total. The molecular weight excluding hydrogens is 426 g/mol. The highest BCUT2D eigenvalue weighted by atomic mass is 35.5. The van der Waals surface area contributed by atoms with E-state index in [4.69, 9.17) is 33.3 Å². The van der Waals surface area contributed by atoms with Gasteiger partial charge in [-0.15, -0.1) is 0 Å². The third-order valence-electron chi connectivity index (χ3n) is 4.38. The van der Waals surface area contributed by atoms with E-state index in [1.807, 2.05) is 25.1 Å². The maximum absolute atomic E-state index is 12.3.